The van der Waals surface area contributed by atoms with Crippen molar-refractivity contribution in [2.45, 2.75) is 33.7 Å². The second-order valence-corrected chi connectivity index (χ2v) is 6.75. The third kappa shape index (κ3) is 4.31. The minimum atomic E-state index is -3.28. The average molecular weight is 270 g/mol. The Morgan fingerprint density at radius 3 is 2.56 bits per heavy atom. The van der Waals surface area contributed by atoms with Crippen LogP contribution in [0.1, 0.15) is 31.4 Å². The van der Waals surface area contributed by atoms with E-state index in [0.29, 0.717) is 24.6 Å². The molecule has 18 heavy (non-hydrogen) atoms. The number of benzene rings is 1. The highest BCUT2D eigenvalue weighted by atomic mass is 32.2. The van der Waals surface area contributed by atoms with Crippen molar-refractivity contribution < 1.29 is 8.42 Å². The van der Waals surface area contributed by atoms with Crippen molar-refractivity contribution >= 4 is 15.7 Å². The van der Waals surface area contributed by atoms with Crippen LogP contribution in [0.3, 0.4) is 0 Å². The monoisotopic (exact) mass is 270 g/mol. The summed E-state index contributed by atoms with van der Waals surface area (Å²) in [4.78, 5) is 0. The van der Waals surface area contributed by atoms with Crippen LogP contribution in [0.25, 0.3) is 0 Å². The van der Waals surface area contributed by atoms with E-state index < -0.39 is 10.0 Å². The van der Waals surface area contributed by atoms with Crippen molar-refractivity contribution in [2.75, 3.05) is 10.5 Å². The first-order chi connectivity index (χ1) is 8.35. The van der Waals surface area contributed by atoms with Crippen LogP contribution in [0.5, 0.6) is 0 Å². The lowest BCUT2D eigenvalue weighted by Gasteiger charge is -2.14. The van der Waals surface area contributed by atoms with Gasteiger partial charge in [0.05, 0.1) is 11.4 Å². The Morgan fingerprint density at radius 1 is 1.33 bits per heavy atom. The molecule has 0 bridgehead atoms. The zero-order valence-corrected chi connectivity index (χ0v) is 12.0. The molecule has 4 nitrogen and oxygen atoms in total. The Kier molecular flexibility index (Phi) is 5.16. The molecule has 0 radical (unpaired) electrons. The molecular weight excluding hydrogens is 248 g/mol. The van der Waals surface area contributed by atoms with Gasteiger partial charge in [-0.15, -0.1) is 0 Å². The maximum Gasteiger partial charge on any atom is 0.232 e. The minimum absolute atomic E-state index is 0.141. The molecule has 5 heteroatoms. The van der Waals surface area contributed by atoms with E-state index in [4.69, 9.17) is 5.73 Å². The number of rotatable bonds is 6. The van der Waals surface area contributed by atoms with E-state index in [-0.39, 0.29) is 5.75 Å². The lowest BCUT2D eigenvalue weighted by Crippen LogP contribution is -2.19. The predicted octanol–water partition coefficient (Wildman–Crippen LogP) is 2.24. The van der Waals surface area contributed by atoms with Crippen molar-refractivity contribution in [1.82, 2.24) is 0 Å². The molecule has 0 atom stereocenters. The molecule has 0 aliphatic carbocycles. The maximum absolute atomic E-state index is 11.9. The van der Waals surface area contributed by atoms with Crippen molar-refractivity contribution in [2.24, 2.45) is 11.7 Å². The minimum Gasteiger partial charge on any atom is -0.326 e. The number of nitrogens with two attached hydrogens (primary N) is 1. The van der Waals surface area contributed by atoms with E-state index in [9.17, 15) is 8.42 Å². The molecule has 0 unspecified atom stereocenters. The van der Waals surface area contributed by atoms with Crippen LogP contribution in [0, 0.1) is 12.8 Å². The summed E-state index contributed by atoms with van der Waals surface area (Å²) < 4.78 is 26.5. The third-order valence-corrected chi connectivity index (χ3v) is 4.15. The van der Waals surface area contributed by atoms with E-state index >= 15 is 0 Å². The van der Waals surface area contributed by atoms with Crippen molar-refractivity contribution in [3.63, 3.8) is 0 Å². The summed E-state index contributed by atoms with van der Waals surface area (Å²) in [6.45, 7) is 6.27. The molecule has 3 N–H and O–H groups in total. The molecule has 1 aromatic rings. The van der Waals surface area contributed by atoms with Gasteiger partial charge in [0.2, 0.25) is 10.0 Å². The van der Waals surface area contributed by atoms with Crippen molar-refractivity contribution in [3.8, 4) is 0 Å². The summed E-state index contributed by atoms with van der Waals surface area (Å²) in [7, 11) is -3.28. The molecule has 0 spiro atoms. The molecule has 0 amide bonds. The van der Waals surface area contributed by atoms with Gasteiger partial charge in [0.25, 0.3) is 0 Å². The fraction of sp³-hybridized carbons (Fsp3) is 0.538. The maximum atomic E-state index is 11.9. The van der Waals surface area contributed by atoms with E-state index in [1.54, 1.807) is 6.07 Å². The smallest absolute Gasteiger partial charge is 0.232 e. The highest BCUT2D eigenvalue weighted by Gasteiger charge is 2.14. The highest BCUT2D eigenvalue weighted by molar-refractivity contribution is 7.92. The Hall–Kier alpha value is -1.07. The van der Waals surface area contributed by atoms with E-state index in [2.05, 4.69) is 4.72 Å². The summed E-state index contributed by atoms with van der Waals surface area (Å²) in [6, 6.07) is 5.50. The molecule has 1 aromatic carbocycles. The molecule has 0 heterocycles. The molecule has 0 aliphatic rings. The molecule has 0 saturated carbocycles. The lowest BCUT2D eigenvalue weighted by molar-refractivity contribution is 0.578. The fourth-order valence-corrected chi connectivity index (χ4v) is 3.09. The van der Waals surface area contributed by atoms with Gasteiger partial charge in [0.1, 0.15) is 0 Å². The van der Waals surface area contributed by atoms with E-state index in [1.807, 2.05) is 32.9 Å². The molecule has 0 aliphatic heterocycles. The van der Waals surface area contributed by atoms with Gasteiger partial charge >= 0.3 is 0 Å². The summed E-state index contributed by atoms with van der Waals surface area (Å²) in [5.74, 6) is 0.510. The van der Waals surface area contributed by atoms with Gasteiger partial charge < -0.3 is 5.73 Å². The van der Waals surface area contributed by atoms with Crippen LogP contribution < -0.4 is 10.5 Å². The van der Waals surface area contributed by atoms with Crippen LogP contribution in [-0.2, 0) is 16.6 Å². The molecule has 0 saturated heterocycles. The third-order valence-electron chi connectivity index (χ3n) is 2.84. The van der Waals surface area contributed by atoms with Gasteiger partial charge in [-0.25, -0.2) is 8.42 Å². The van der Waals surface area contributed by atoms with Gasteiger partial charge in [-0.3, -0.25) is 4.72 Å². The first-order valence-corrected chi connectivity index (χ1v) is 7.80. The molecule has 0 fully saturated rings. The highest BCUT2D eigenvalue weighted by Crippen LogP contribution is 2.20. The van der Waals surface area contributed by atoms with E-state index in [0.717, 1.165) is 11.1 Å². The molecule has 102 valence electrons. The largest absolute Gasteiger partial charge is 0.326 e. The SMILES string of the molecule is Cc1cccc(NS(=O)(=O)CCC(C)C)c1CN. The predicted molar refractivity (Wildman–Crippen MR) is 75.9 cm³/mol. The van der Waals surface area contributed by atoms with Gasteiger partial charge in [0.15, 0.2) is 0 Å². The van der Waals surface area contributed by atoms with Crippen LogP contribution in [0.15, 0.2) is 18.2 Å². The number of hydrogen-bond donors (Lipinski definition) is 2. The van der Waals surface area contributed by atoms with Gasteiger partial charge in [-0.05, 0) is 36.5 Å². The molecular formula is C13H22N2O2S. The van der Waals surface area contributed by atoms with Crippen LogP contribution >= 0.6 is 0 Å². The molecule has 1 rings (SSSR count). The number of sulfonamides is 1. The number of aryl methyl sites for hydroxylation is 1. The standard InChI is InChI=1S/C13H22N2O2S/c1-10(2)7-8-18(16,17)15-13-6-4-5-11(3)12(13)9-14/h4-6,10,15H,7-9,14H2,1-3H3. The topological polar surface area (TPSA) is 72.2 Å². The number of nitrogens with one attached hydrogen (secondary N) is 1. The Bertz CT molecular complexity index is 496. The van der Waals surface area contributed by atoms with Crippen molar-refractivity contribution in [1.29, 1.82) is 0 Å². The Balaban J connectivity index is 2.87. The number of hydrogen-bond acceptors (Lipinski definition) is 3. The Labute approximate surface area is 110 Å². The average Bonchev–Trinajstić information content (AvgIpc) is 2.26. The summed E-state index contributed by atoms with van der Waals surface area (Å²) in [6.07, 6.45) is 0.652. The second-order valence-electron chi connectivity index (χ2n) is 4.91. The normalized spacial score (nSPS) is 11.8. The molecule has 0 aromatic heterocycles. The van der Waals surface area contributed by atoms with Gasteiger partial charge in [-0.1, -0.05) is 26.0 Å². The van der Waals surface area contributed by atoms with E-state index in [1.165, 1.54) is 0 Å². The fourth-order valence-electron chi connectivity index (χ4n) is 1.68. The quantitative estimate of drug-likeness (QED) is 0.832. The Morgan fingerprint density at radius 2 is 2.00 bits per heavy atom. The summed E-state index contributed by atoms with van der Waals surface area (Å²) in [5.41, 5.74) is 8.11. The van der Waals surface area contributed by atoms with Crippen LogP contribution in [-0.4, -0.2) is 14.2 Å². The second kappa shape index (κ2) is 6.20. The first-order valence-electron chi connectivity index (χ1n) is 6.14. The number of anilines is 1. The van der Waals surface area contributed by atoms with Gasteiger partial charge in [0, 0.05) is 6.54 Å². The summed E-state index contributed by atoms with van der Waals surface area (Å²) in [5, 5.41) is 0. The van der Waals surface area contributed by atoms with Crippen molar-refractivity contribution in [3.05, 3.63) is 29.3 Å². The van der Waals surface area contributed by atoms with Crippen LogP contribution in [0.2, 0.25) is 0 Å². The summed E-state index contributed by atoms with van der Waals surface area (Å²) >= 11 is 0. The van der Waals surface area contributed by atoms with Gasteiger partial charge in [-0.2, -0.15) is 0 Å². The lowest BCUT2D eigenvalue weighted by atomic mass is 10.1. The first kappa shape index (κ1) is 15.0. The van der Waals surface area contributed by atoms with Crippen LogP contribution in [0.4, 0.5) is 5.69 Å². The zero-order valence-electron chi connectivity index (χ0n) is 11.2. The zero-order chi connectivity index (χ0) is 13.8.